The second kappa shape index (κ2) is 7.98. The van der Waals surface area contributed by atoms with Crippen LogP contribution in [0.4, 0.5) is 5.69 Å². The smallest absolute Gasteiger partial charge is 0.338 e. The van der Waals surface area contributed by atoms with Crippen LogP contribution >= 0.6 is 0 Å². The number of esters is 1. The van der Waals surface area contributed by atoms with E-state index < -0.39 is 18.5 Å². The number of rotatable bonds is 5. The number of hydrogen-bond donors (Lipinski definition) is 2. The molecule has 0 saturated heterocycles. The van der Waals surface area contributed by atoms with Crippen molar-refractivity contribution in [2.24, 2.45) is 0 Å². The van der Waals surface area contributed by atoms with Gasteiger partial charge in [-0.3, -0.25) is 4.79 Å². The molecule has 5 heteroatoms. The van der Waals surface area contributed by atoms with Gasteiger partial charge in [-0.1, -0.05) is 54.6 Å². The molecule has 2 N–H and O–H groups in total. The minimum atomic E-state index is -0.674. The molecule has 0 aliphatic rings. The molecule has 0 aliphatic carbocycles. The molecule has 3 aromatic rings. The van der Waals surface area contributed by atoms with E-state index in [4.69, 9.17) is 4.74 Å². The van der Waals surface area contributed by atoms with E-state index in [-0.39, 0.29) is 11.3 Å². The van der Waals surface area contributed by atoms with E-state index in [1.165, 1.54) is 24.3 Å². The highest BCUT2D eigenvalue weighted by molar-refractivity contribution is 5.98. The number of amides is 1. The van der Waals surface area contributed by atoms with E-state index in [2.05, 4.69) is 5.32 Å². The van der Waals surface area contributed by atoms with Crippen LogP contribution < -0.4 is 5.32 Å². The fourth-order valence-electron chi connectivity index (χ4n) is 2.50. The Bertz CT molecular complexity index is 922. The molecule has 26 heavy (non-hydrogen) atoms. The number of phenols is 1. The third-order valence-corrected chi connectivity index (χ3v) is 3.70. The maximum absolute atomic E-state index is 12.2. The molecule has 0 atom stereocenters. The topological polar surface area (TPSA) is 75.6 Å². The van der Waals surface area contributed by atoms with Gasteiger partial charge in [0.05, 0.1) is 5.56 Å². The van der Waals surface area contributed by atoms with Crippen LogP contribution in [0, 0.1) is 0 Å². The molecule has 0 aliphatic heterocycles. The first-order valence-corrected chi connectivity index (χ1v) is 8.04. The van der Waals surface area contributed by atoms with Gasteiger partial charge in [-0.2, -0.15) is 0 Å². The Labute approximate surface area is 150 Å². The first-order valence-electron chi connectivity index (χ1n) is 8.04. The number of hydrogen-bond acceptors (Lipinski definition) is 4. The zero-order chi connectivity index (χ0) is 18.4. The zero-order valence-corrected chi connectivity index (χ0v) is 13.9. The molecule has 130 valence electrons. The van der Waals surface area contributed by atoms with Crippen LogP contribution in [0.3, 0.4) is 0 Å². The third-order valence-electron chi connectivity index (χ3n) is 3.70. The van der Waals surface area contributed by atoms with E-state index in [0.717, 1.165) is 11.1 Å². The summed E-state index contributed by atoms with van der Waals surface area (Å²) >= 11 is 0. The van der Waals surface area contributed by atoms with Gasteiger partial charge in [-0.25, -0.2) is 4.79 Å². The first-order chi connectivity index (χ1) is 12.6. The van der Waals surface area contributed by atoms with Crippen LogP contribution in [0.25, 0.3) is 11.1 Å². The van der Waals surface area contributed by atoms with Crippen molar-refractivity contribution in [3.05, 3.63) is 84.4 Å². The number of para-hydroxylation sites is 1. The number of ether oxygens (including phenoxy) is 1. The van der Waals surface area contributed by atoms with Crippen molar-refractivity contribution >= 4 is 17.6 Å². The third kappa shape index (κ3) is 4.27. The van der Waals surface area contributed by atoms with Crippen molar-refractivity contribution in [2.45, 2.75) is 0 Å². The summed E-state index contributed by atoms with van der Waals surface area (Å²) in [5.41, 5.74) is 2.67. The highest BCUT2D eigenvalue weighted by Crippen LogP contribution is 2.27. The minimum absolute atomic E-state index is 0.0410. The summed E-state index contributed by atoms with van der Waals surface area (Å²) in [6.45, 7) is -0.419. The van der Waals surface area contributed by atoms with Gasteiger partial charge < -0.3 is 15.2 Å². The fourth-order valence-corrected chi connectivity index (χ4v) is 2.50. The summed E-state index contributed by atoms with van der Waals surface area (Å²) in [6.07, 6.45) is 0. The minimum Gasteiger partial charge on any atom is -0.508 e. The van der Waals surface area contributed by atoms with Crippen LogP contribution in [0.5, 0.6) is 5.75 Å². The van der Waals surface area contributed by atoms with Crippen LogP contribution in [0.2, 0.25) is 0 Å². The van der Waals surface area contributed by atoms with Crippen molar-refractivity contribution in [1.82, 2.24) is 0 Å². The van der Waals surface area contributed by atoms with Crippen LogP contribution in [0.15, 0.2) is 78.9 Å². The number of phenolic OH excluding ortho intramolecular Hbond substituents is 1. The lowest BCUT2D eigenvalue weighted by molar-refractivity contribution is -0.119. The Morgan fingerprint density at radius 2 is 1.62 bits per heavy atom. The summed E-state index contributed by atoms with van der Waals surface area (Å²) < 4.78 is 5.00. The standard InChI is InChI=1S/C21H17NO4/c23-17-10-6-9-16(13-17)21(25)26-14-20(24)22-19-12-5-4-11-18(19)15-7-2-1-3-8-15/h1-13,23H,14H2,(H,22,24). The van der Waals surface area contributed by atoms with Crippen molar-refractivity contribution in [1.29, 1.82) is 0 Å². The van der Waals surface area contributed by atoms with Crippen molar-refractivity contribution < 1.29 is 19.4 Å². The SMILES string of the molecule is O=C(COC(=O)c1cccc(O)c1)Nc1ccccc1-c1ccccc1. The van der Waals surface area contributed by atoms with Gasteiger partial charge in [0.2, 0.25) is 0 Å². The summed E-state index contributed by atoms with van der Waals surface area (Å²) in [6, 6.07) is 22.8. The van der Waals surface area contributed by atoms with Crippen LogP contribution in [0.1, 0.15) is 10.4 Å². The highest BCUT2D eigenvalue weighted by atomic mass is 16.5. The number of benzene rings is 3. The molecule has 0 bridgehead atoms. The molecule has 3 rings (SSSR count). The summed E-state index contributed by atoms with van der Waals surface area (Å²) in [5, 5.41) is 12.1. The van der Waals surface area contributed by atoms with Gasteiger partial charge in [0.1, 0.15) is 5.75 Å². The second-order valence-corrected chi connectivity index (χ2v) is 5.59. The second-order valence-electron chi connectivity index (χ2n) is 5.59. The van der Waals surface area contributed by atoms with E-state index in [0.29, 0.717) is 5.69 Å². The summed E-state index contributed by atoms with van der Waals surface area (Å²) in [7, 11) is 0. The first kappa shape index (κ1) is 17.2. The van der Waals surface area contributed by atoms with Gasteiger partial charge >= 0.3 is 5.97 Å². The normalized spacial score (nSPS) is 10.2. The average Bonchev–Trinajstić information content (AvgIpc) is 2.67. The largest absolute Gasteiger partial charge is 0.508 e. The van der Waals surface area contributed by atoms with E-state index in [9.17, 15) is 14.7 Å². The molecule has 0 aromatic heterocycles. The van der Waals surface area contributed by atoms with Gasteiger partial charge in [0.15, 0.2) is 6.61 Å². The Morgan fingerprint density at radius 3 is 2.38 bits per heavy atom. The molecule has 0 fully saturated rings. The molecule has 0 unspecified atom stereocenters. The molecule has 0 saturated carbocycles. The maximum Gasteiger partial charge on any atom is 0.338 e. The van der Waals surface area contributed by atoms with Crippen molar-refractivity contribution in [3.63, 3.8) is 0 Å². The molecular weight excluding hydrogens is 330 g/mol. The van der Waals surface area contributed by atoms with Crippen LogP contribution in [-0.2, 0) is 9.53 Å². The number of nitrogens with one attached hydrogen (secondary N) is 1. The van der Waals surface area contributed by atoms with Gasteiger partial charge in [0, 0.05) is 11.3 Å². The maximum atomic E-state index is 12.2. The Hall–Kier alpha value is -3.60. The van der Waals surface area contributed by atoms with Crippen molar-refractivity contribution in [3.8, 4) is 16.9 Å². The molecule has 5 nitrogen and oxygen atoms in total. The molecule has 0 heterocycles. The summed E-state index contributed by atoms with van der Waals surface area (Å²) in [5.74, 6) is -1.16. The molecule has 1 amide bonds. The van der Waals surface area contributed by atoms with Crippen molar-refractivity contribution in [2.75, 3.05) is 11.9 Å². The van der Waals surface area contributed by atoms with Gasteiger partial charge in [0.25, 0.3) is 5.91 Å². The fraction of sp³-hybridized carbons (Fsp3) is 0.0476. The van der Waals surface area contributed by atoms with Crippen LogP contribution in [-0.4, -0.2) is 23.6 Å². The Morgan fingerprint density at radius 1 is 0.885 bits per heavy atom. The number of carbonyl (C=O) groups is 2. The average molecular weight is 347 g/mol. The Balaban J connectivity index is 1.65. The van der Waals surface area contributed by atoms with Gasteiger partial charge in [-0.05, 0) is 29.8 Å². The Kier molecular flexibility index (Phi) is 5.29. The predicted octanol–water partition coefficient (Wildman–Crippen LogP) is 3.85. The van der Waals surface area contributed by atoms with E-state index in [1.54, 1.807) is 6.07 Å². The van der Waals surface area contributed by atoms with Gasteiger partial charge in [-0.15, -0.1) is 0 Å². The lowest BCUT2D eigenvalue weighted by Gasteiger charge is -2.11. The number of carbonyl (C=O) groups excluding carboxylic acids is 2. The number of aromatic hydroxyl groups is 1. The molecule has 3 aromatic carbocycles. The molecule has 0 spiro atoms. The van der Waals surface area contributed by atoms with E-state index in [1.807, 2.05) is 48.5 Å². The number of anilines is 1. The lowest BCUT2D eigenvalue weighted by atomic mass is 10.0. The summed E-state index contributed by atoms with van der Waals surface area (Å²) in [4.78, 5) is 24.1. The highest BCUT2D eigenvalue weighted by Gasteiger charge is 2.12. The zero-order valence-electron chi connectivity index (χ0n) is 13.9. The molecular formula is C21H17NO4. The lowest BCUT2D eigenvalue weighted by Crippen LogP contribution is -2.21. The molecule has 0 radical (unpaired) electrons. The van der Waals surface area contributed by atoms with E-state index >= 15 is 0 Å². The predicted molar refractivity (Wildman–Crippen MR) is 98.9 cm³/mol. The monoisotopic (exact) mass is 347 g/mol. The quantitative estimate of drug-likeness (QED) is 0.687.